The van der Waals surface area contributed by atoms with Gasteiger partial charge in [0.15, 0.2) is 0 Å². The lowest BCUT2D eigenvalue weighted by molar-refractivity contribution is -0.130. The van der Waals surface area contributed by atoms with Crippen molar-refractivity contribution in [1.29, 1.82) is 0 Å². The molecule has 0 aliphatic carbocycles. The average molecular weight is 232 g/mol. The number of hydrogen-bond donors (Lipinski definition) is 1. The second-order valence-corrected chi connectivity index (χ2v) is 4.78. The fourth-order valence-corrected chi connectivity index (χ4v) is 2.17. The number of rotatable bonds is 2. The van der Waals surface area contributed by atoms with E-state index in [-0.39, 0.29) is 5.91 Å². The Morgan fingerprint density at radius 1 is 1.35 bits per heavy atom. The van der Waals surface area contributed by atoms with Gasteiger partial charge in [-0.25, -0.2) is 0 Å². The number of amides is 1. The van der Waals surface area contributed by atoms with E-state index in [9.17, 15) is 4.79 Å². The molecule has 17 heavy (non-hydrogen) atoms. The summed E-state index contributed by atoms with van der Waals surface area (Å²) in [5, 5.41) is 3.15. The highest BCUT2D eigenvalue weighted by Crippen LogP contribution is 2.14. The molecule has 0 saturated carbocycles. The number of carbonyl (C=O) groups excluding carboxylic acids is 1. The second kappa shape index (κ2) is 5.32. The molecule has 1 aliphatic heterocycles. The van der Waals surface area contributed by atoms with Crippen molar-refractivity contribution in [2.75, 3.05) is 19.6 Å². The number of nitrogens with one attached hydrogen (secondary N) is 1. The first kappa shape index (κ1) is 12.1. The standard InChI is InChI=1S/C14H20N2O/c1-11-4-5-12(2)13(8-11)10-16-7-3-6-15-9-14(16)17/h4-5,8,15H,3,6-7,9-10H2,1-2H3. The largest absolute Gasteiger partial charge is 0.337 e. The molecule has 1 saturated heterocycles. The third-order valence-corrected chi connectivity index (χ3v) is 3.28. The van der Waals surface area contributed by atoms with Gasteiger partial charge in [0.1, 0.15) is 0 Å². The molecule has 92 valence electrons. The summed E-state index contributed by atoms with van der Waals surface area (Å²) in [4.78, 5) is 13.8. The van der Waals surface area contributed by atoms with Gasteiger partial charge >= 0.3 is 0 Å². The van der Waals surface area contributed by atoms with Crippen LogP contribution < -0.4 is 5.32 Å². The van der Waals surface area contributed by atoms with Gasteiger partial charge in [-0.2, -0.15) is 0 Å². The van der Waals surface area contributed by atoms with Gasteiger partial charge in [0.25, 0.3) is 0 Å². The molecule has 3 nitrogen and oxygen atoms in total. The summed E-state index contributed by atoms with van der Waals surface area (Å²) >= 11 is 0. The smallest absolute Gasteiger partial charge is 0.236 e. The number of aryl methyl sites for hydroxylation is 2. The van der Waals surface area contributed by atoms with Crippen LogP contribution in [0.5, 0.6) is 0 Å². The van der Waals surface area contributed by atoms with Crippen LogP contribution in [-0.4, -0.2) is 30.4 Å². The fraction of sp³-hybridized carbons (Fsp3) is 0.500. The van der Waals surface area contributed by atoms with Crippen molar-refractivity contribution in [3.05, 3.63) is 34.9 Å². The van der Waals surface area contributed by atoms with Crippen molar-refractivity contribution >= 4 is 5.91 Å². The minimum absolute atomic E-state index is 0.211. The lowest BCUT2D eigenvalue weighted by Crippen LogP contribution is -2.34. The SMILES string of the molecule is Cc1ccc(C)c(CN2CCCNCC2=O)c1. The van der Waals surface area contributed by atoms with Gasteiger partial charge in [-0.15, -0.1) is 0 Å². The normalized spacial score (nSPS) is 17.1. The molecule has 0 radical (unpaired) electrons. The number of nitrogens with zero attached hydrogens (tertiary/aromatic N) is 1. The van der Waals surface area contributed by atoms with E-state index >= 15 is 0 Å². The van der Waals surface area contributed by atoms with Crippen molar-refractivity contribution in [3.8, 4) is 0 Å². The van der Waals surface area contributed by atoms with Crippen molar-refractivity contribution in [2.24, 2.45) is 0 Å². The lowest BCUT2D eigenvalue weighted by Gasteiger charge is -2.21. The maximum absolute atomic E-state index is 11.9. The molecule has 1 amide bonds. The molecule has 1 aromatic carbocycles. The van der Waals surface area contributed by atoms with Gasteiger partial charge < -0.3 is 10.2 Å². The van der Waals surface area contributed by atoms with Crippen LogP contribution in [0.4, 0.5) is 0 Å². The molecule has 0 aromatic heterocycles. The van der Waals surface area contributed by atoms with Gasteiger partial charge in [-0.3, -0.25) is 4.79 Å². The van der Waals surface area contributed by atoms with Crippen LogP contribution in [0.3, 0.4) is 0 Å². The van der Waals surface area contributed by atoms with Gasteiger partial charge in [-0.05, 0) is 37.9 Å². The maximum Gasteiger partial charge on any atom is 0.236 e. The summed E-state index contributed by atoms with van der Waals surface area (Å²) in [5.74, 6) is 0.211. The third-order valence-electron chi connectivity index (χ3n) is 3.28. The van der Waals surface area contributed by atoms with E-state index in [0.717, 1.165) is 26.1 Å². The summed E-state index contributed by atoms with van der Waals surface area (Å²) in [6.07, 6.45) is 1.04. The fourth-order valence-electron chi connectivity index (χ4n) is 2.17. The van der Waals surface area contributed by atoms with E-state index in [2.05, 4.69) is 37.4 Å². The molecule has 0 spiro atoms. The van der Waals surface area contributed by atoms with Crippen molar-refractivity contribution in [3.63, 3.8) is 0 Å². The zero-order valence-corrected chi connectivity index (χ0v) is 10.6. The first-order valence-corrected chi connectivity index (χ1v) is 6.21. The Balaban J connectivity index is 2.13. The van der Waals surface area contributed by atoms with Crippen LogP contribution in [0.25, 0.3) is 0 Å². The minimum Gasteiger partial charge on any atom is -0.337 e. The molecule has 2 rings (SSSR count). The van der Waals surface area contributed by atoms with Crippen LogP contribution >= 0.6 is 0 Å². The molecule has 3 heteroatoms. The van der Waals surface area contributed by atoms with Crippen LogP contribution in [-0.2, 0) is 11.3 Å². The second-order valence-electron chi connectivity index (χ2n) is 4.78. The van der Waals surface area contributed by atoms with Gasteiger partial charge in [0, 0.05) is 13.1 Å². The van der Waals surface area contributed by atoms with Gasteiger partial charge in [0.2, 0.25) is 5.91 Å². The first-order valence-electron chi connectivity index (χ1n) is 6.21. The lowest BCUT2D eigenvalue weighted by atomic mass is 10.1. The van der Waals surface area contributed by atoms with Crippen LogP contribution in [0.1, 0.15) is 23.1 Å². The first-order chi connectivity index (χ1) is 8.16. The van der Waals surface area contributed by atoms with Gasteiger partial charge in [-0.1, -0.05) is 23.8 Å². The molecular formula is C14H20N2O. The minimum atomic E-state index is 0.211. The van der Waals surface area contributed by atoms with E-state index in [0.29, 0.717) is 6.54 Å². The molecule has 0 bridgehead atoms. The molecular weight excluding hydrogens is 212 g/mol. The summed E-state index contributed by atoms with van der Waals surface area (Å²) in [6, 6.07) is 6.43. The monoisotopic (exact) mass is 232 g/mol. The summed E-state index contributed by atoms with van der Waals surface area (Å²) in [5.41, 5.74) is 3.78. The maximum atomic E-state index is 11.9. The van der Waals surface area contributed by atoms with Crippen molar-refractivity contribution in [2.45, 2.75) is 26.8 Å². The molecule has 1 aliphatic rings. The van der Waals surface area contributed by atoms with E-state index in [1.807, 2.05) is 4.90 Å². The average Bonchev–Trinajstić information content (AvgIpc) is 2.50. The highest BCUT2D eigenvalue weighted by atomic mass is 16.2. The van der Waals surface area contributed by atoms with Crippen LogP contribution in [0.15, 0.2) is 18.2 Å². The number of hydrogen-bond acceptors (Lipinski definition) is 2. The van der Waals surface area contributed by atoms with Crippen LogP contribution in [0.2, 0.25) is 0 Å². The molecule has 1 N–H and O–H groups in total. The zero-order valence-electron chi connectivity index (χ0n) is 10.6. The van der Waals surface area contributed by atoms with Crippen LogP contribution in [0, 0.1) is 13.8 Å². The predicted molar refractivity (Wildman–Crippen MR) is 68.8 cm³/mol. The van der Waals surface area contributed by atoms with E-state index in [1.54, 1.807) is 0 Å². The molecule has 1 heterocycles. The number of benzene rings is 1. The number of carbonyl (C=O) groups is 1. The Kier molecular flexibility index (Phi) is 3.79. The van der Waals surface area contributed by atoms with E-state index < -0.39 is 0 Å². The Bertz CT molecular complexity index is 415. The molecule has 0 unspecified atom stereocenters. The summed E-state index contributed by atoms with van der Waals surface area (Å²) in [6.45, 7) is 7.22. The third kappa shape index (κ3) is 3.07. The van der Waals surface area contributed by atoms with E-state index in [1.165, 1.54) is 16.7 Å². The zero-order chi connectivity index (χ0) is 12.3. The summed E-state index contributed by atoms with van der Waals surface area (Å²) < 4.78 is 0. The Labute approximate surface area is 103 Å². The Morgan fingerprint density at radius 3 is 3.00 bits per heavy atom. The Hall–Kier alpha value is -1.35. The molecule has 1 fully saturated rings. The molecule has 1 aromatic rings. The van der Waals surface area contributed by atoms with Gasteiger partial charge in [0.05, 0.1) is 6.54 Å². The topological polar surface area (TPSA) is 32.3 Å². The van der Waals surface area contributed by atoms with Crippen molar-refractivity contribution < 1.29 is 4.79 Å². The quantitative estimate of drug-likeness (QED) is 0.840. The van der Waals surface area contributed by atoms with Crippen molar-refractivity contribution in [1.82, 2.24) is 10.2 Å². The predicted octanol–water partition coefficient (Wildman–Crippen LogP) is 1.63. The molecule has 0 atom stereocenters. The summed E-state index contributed by atoms with van der Waals surface area (Å²) in [7, 11) is 0. The van der Waals surface area contributed by atoms with E-state index in [4.69, 9.17) is 0 Å². The highest BCUT2D eigenvalue weighted by Gasteiger charge is 2.16. The highest BCUT2D eigenvalue weighted by molar-refractivity contribution is 5.78. The Morgan fingerprint density at radius 2 is 2.18 bits per heavy atom.